The molecule has 1 aliphatic heterocycles. The molecule has 128 valence electrons. The van der Waals surface area contributed by atoms with Crippen molar-refractivity contribution in [3.8, 4) is 0 Å². The van der Waals surface area contributed by atoms with Crippen LogP contribution in [-0.2, 0) is 6.54 Å². The Morgan fingerprint density at radius 1 is 0.923 bits per heavy atom. The summed E-state index contributed by atoms with van der Waals surface area (Å²) < 4.78 is 0.926. The fraction of sp³-hybridized carbons (Fsp3) is 0.0476. The van der Waals surface area contributed by atoms with Crippen LogP contribution in [0.5, 0.6) is 0 Å². The van der Waals surface area contributed by atoms with Gasteiger partial charge in [-0.15, -0.1) is 0 Å². The van der Waals surface area contributed by atoms with Crippen LogP contribution in [0.3, 0.4) is 0 Å². The van der Waals surface area contributed by atoms with Gasteiger partial charge in [0.2, 0.25) is 0 Å². The Balaban J connectivity index is 1.48. The Hall–Kier alpha value is -2.92. The van der Waals surface area contributed by atoms with E-state index in [0.717, 1.165) is 21.3 Å². The number of rotatable bonds is 3. The molecule has 4 rings (SSSR count). The topological polar surface area (TPSA) is 49.4 Å². The summed E-state index contributed by atoms with van der Waals surface area (Å²) in [6.45, 7) is 0.569. The number of hydrogen-bond donors (Lipinski definition) is 1. The van der Waals surface area contributed by atoms with Gasteiger partial charge in [-0.25, -0.2) is 0 Å². The molecule has 0 fully saturated rings. The lowest BCUT2D eigenvalue weighted by Gasteiger charge is -2.16. The maximum absolute atomic E-state index is 12.5. The highest BCUT2D eigenvalue weighted by molar-refractivity contribution is 9.10. The van der Waals surface area contributed by atoms with Crippen LogP contribution in [0, 0.1) is 0 Å². The van der Waals surface area contributed by atoms with E-state index in [1.807, 2.05) is 60.7 Å². The summed E-state index contributed by atoms with van der Waals surface area (Å²) in [7, 11) is 0. The highest BCUT2D eigenvalue weighted by Crippen LogP contribution is 2.29. The van der Waals surface area contributed by atoms with Gasteiger partial charge in [0.25, 0.3) is 11.8 Å². The van der Waals surface area contributed by atoms with Crippen molar-refractivity contribution in [2.45, 2.75) is 6.54 Å². The molecular formula is C21H15BrN2O2. The third-order valence-corrected chi connectivity index (χ3v) is 4.89. The molecule has 1 N–H and O–H groups in total. The third-order valence-electron chi connectivity index (χ3n) is 4.36. The predicted octanol–water partition coefficient (Wildman–Crippen LogP) is 4.86. The SMILES string of the molecule is O=C(Nc1ccc(N2Cc3ccccc3C2=O)cc1)c1ccc(Br)cc1. The van der Waals surface area contributed by atoms with Crippen LogP contribution in [0.1, 0.15) is 26.3 Å². The van der Waals surface area contributed by atoms with Crippen molar-refractivity contribution in [2.75, 3.05) is 10.2 Å². The minimum Gasteiger partial charge on any atom is -0.322 e. The minimum atomic E-state index is -0.171. The molecule has 1 aliphatic rings. The fourth-order valence-corrected chi connectivity index (χ4v) is 3.26. The van der Waals surface area contributed by atoms with Gasteiger partial charge in [-0.1, -0.05) is 34.1 Å². The molecule has 3 aromatic carbocycles. The van der Waals surface area contributed by atoms with Gasteiger partial charge in [-0.05, 0) is 60.2 Å². The van der Waals surface area contributed by atoms with Crippen molar-refractivity contribution in [2.24, 2.45) is 0 Å². The summed E-state index contributed by atoms with van der Waals surface area (Å²) in [5, 5.41) is 2.87. The zero-order chi connectivity index (χ0) is 18.1. The van der Waals surface area contributed by atoms with Gasteiger partial charge in [0.05, 0.1) is 6.54 Å². The Kier molecular flexibility index (Phi) is 4.31. The Bertz CT molecular complexity index is 982. The van der Waals surface area contributed by atoms with Gasteiger partial charge in [-0.3, -0.25) is 9.59 Å². The van der Waals surface area contributed by atoms with Gasteiger partial charge in [-0.2, -0.15) is 0 Å². The van der Waals surface area contributed by atoms with E-state index < -0.39 is 0 Å². The van der Waals surface area contributed by atoms with Crippen LogP contribution in [0.4, 0.5) is 11.4 Å². The van der Waals surface area contributed by atoms with Gasteiger partial charge >= 0.3 is 0 Å². The van der Waals surface area contributed by atoms with Crippen LogP contribution in [0.15, 0.2) is 77.3 Å². The molecule has 0 bridgehead atoms. The van der Waals surface area contributed by atoms with E-state index in [2.05, 4.69) is 21.2 Å². The average Bonchev–Trinajstić information content (AvgIpc) is 3.00. The van der Waals surface area contributed by atoms with Crippen LogP contribution < -0.4 is 10.2 Å². The second-order valence-corrected chi connectivity index (χ2v) is 6.97. The van der Waals surface area contributed by atoms with Gasteiger partial charge in [0.1, 0.15) is 0 Å². The van der Waals surface area contributed by atoms with Gasteiger partial charge < -0.3 is 10.2 Å². The molecule has 3 aromatic rings. The lowest BCUT2D eigenvalue weighted by Crippen LogP contribution is -2.22. The zero-order valence-electron chi connectivity index (χ0n) is 13.8. The van der Waals surface area contributed by atoms with Crippen molar-refractivity contribution < 1.29 is 9.59 Å². The first-order valence-electron chi connectivity index (χ1n) is 8.18. The number of amides is 2. The molecule has 0 unspecified atom stereocenters. The molecule has 0 atom stereocenters. The maximum Gasteiger partial charge on any atom is 0.258 e. The summed E-state index contributed by atoms with van der Waals surface area (Å²) in [6.07, 6.45) is 0. The number of carbonyl (C=O) groups excluding carboxylic acids is 2. The fourth-order valence-electron chi connectivity index (χ4n) is 2.99. The van der Waals surface area contributed by atoms with Crippen molar-refractivity contribution in [1.29, 1.82) is 0 Å². The molecule has 0 saturated carbocycles. The molecule has 26 heavy (non-hydrogen) atoms. The first-order valence-corrected chi connectivity index (χ1v) is 8.98. The number of nitrogens with one attached hydrogen (secondary N) is 1. The number of fused-ring (bicyclic) bond motifs is 1. The summed E-state index contributed by atoms with van der Waals surface area (Å²) in [4.78, 5) is 26.5. The molecule has 5 heteroatoms. The molecule has 0 radical (unpaired) electrons. The normalized spacial score (nSPS) is 12.8. The lowest BCUT2D eigenvalue weighted by molar-refractivity contribution is 0.0994. The quantitative estimate of drug-likeness (QED) is 0.674. The molecule has 1 heterocycles. The highest BCUT2D eigenvalue weighted by atomic mass is 79.9. The van der Waals surface area contributed by atoms with Crippen LogP contribution >= 0.6 is 15.9 Å². The maximum atomic E-state index is 12.5. The van der Waals surface area contributed by atoms with Crippen LogP contribution in [0.2, 0.25) is 0 Å². The zero-order valence-corrected chi connectivity index (χ0v) is 15.4. The second-order valence-electron chi connectivity index (χ2n) is 6.06. The largest absolute Gasteiger partial charge is 0.322 e. The van der Waals surface area contributed by atoms with E-state index in [1.54, 1.807) is 17.0 Å². The Morgan fingerprint density at radius 2 is 1.62 bits per heavy atom. The van der Waals surface area contributed by atoms with Gasteiger partial charge in [0.15, 0.2) is 0 Å². The van der Waals surface area contributed by atoms with Crippen LogP contribution in [-0.4, -0.2) is 11.8 Å². The molecular weight excluding hydrogens is 392 g/mol. The molecule has 4 nitrogen and oxygen atoms in total. The first kappa shape index (κ1) is 16.5. The molecule has 0 saturated heterocycles. The smallest absolute Gasteiger partial charge is 0.258 e. The van der Waals surface area contributed by atoms with E-state index in [0.29, 0.717) is 17.8 Å². The predicted molar refractivity (Wildman–Crippen MR) is 105 cm³/mol. The number of anilines is 2. The Labute approximate surface area is 159 Å². The van der Waals surface area contributed by atoms with E-state index in [4.69, 9.17) is 0 Å². The highest BCUT2D eigenvalue weighted by Gasteiger charge is 2.27. The average molecular weight is 407 g/mol. The Morgan fingerprint density at radius 3 is 2.31 bits per heavy atom. The van der Waals surface area contributed by atoms with E-state index in [9.17, 15) is 9.59 Å². The number of hydrogen-bond acceptors (Lipinski definition) is 2. The lowest BCUT2D eigenvalue weighted by atomic mass is 10.1. The van der Waals surface area contributed by atoms with Crippen LogP contribution in [0.25, 0.3) is 0 Å². The second kappa shape index (κ2) is 6.77. The van der Waals surface area contributed by atoms with E-state index in [-0.39, 0.29) is 11.8 Å². The van der Waals surface area contributed by atoms with Crippen molar-refractivity contribution in [3.05, 3.63) is 94.0 Å². The number of nitrogens with zero attached hydrogens (tertiary/aromatic N) is 1. The molecule has 0 spiro atoms. The number of benzene rings is 3. The number of carbonyl (C=O) groups is 2. The minimum absolute atomic E-state index is 0.00671. The summed E-state index contributed by atoms with van der Waals surface area (Å²) >= 11 is 3.35. The summed E-state index contributed by atoms with van der Waals surface area (Å²) in [6, 6.07) is 22.1. The van der Waals surface area contributed by atoms with Crippen molar-refractivity contribution >= 4 is 39.1 Å². The number of halogens is 1. The first-order chi connectivity index (χ1) is 12.6. The third kappa shape index (κ3) is 3.13. The van der Waals surface area contributed by atoms with E-state index >= 15 is 0 Å². The summed E-state index contributed by atoms with van der Waals surface area (Å²) in [5.41, 5.74) is 3.87. The monoisotopic (exact) mass is 406 g/mol. The molecule has 2 amide bonds. The molecule has 0 aromatic heterocycles. The summed E-state index contributed by atoms with van der Waals surface area (Å²) in [5.74, 6) is -0.165. The van der Waals surface area contributed by atoms with Crippen molar-refractivity contribution in [3.63, 3.8) is 0 Å². The van der Waals surface area contributed by atoms with Gasteiger partial charge in [0, 0.05) is 27.0 Å². The van der Waals surface area contributed by atoms with E-state index in [1.165, 1.54) is 0 Å². The standard InChI is InChI=1S/C21H15BrN2O2/c22-16-7-5-14(6-8-16)20(25)23-17-9-11-18(12-10-17)24-13-15-3-1-2-4-19(15)21(24)26/h1-12H,13H2,(H,23,25). The van der Waals surface area contributed by atoms with Crippen molar-refractivity contribution in [1.82, 2.24) is 0 Å². The molecule has 0 aliphatic carbocycles.